The maximum absolute atomic E-state index is 5.60. The van der Waals surface area contributed by atoms with Crippen LogP contribution >= 0.6 is 24.0 Å². The van der Waals surface area contributed by atoms with Crippen molar-refractivity contribution in [3.05, 3.63) is 24.2 Å². The van der Waals surface area contributed by atoms with E-state index in [4.69, 9.17) is 18.9 Å². The molecule has 1 aliphatic heterocycles. The van der Waals surface area contributed by atoms with E-state index >= 15 is 0 Å². The van der Waals surface area contributed by atoms with Gasteiger partial charge >= 0.3 is 0 Å². The Kier molecular flexibility index (Phi) is 12.0. The Morgan fingerprint density at radius 3 is 2.74 bits per heavy atom. The number of ether oxygens (including phenoxy) is 2. The van der Waals surface area contributed by atoms with Crippen LogP contribution in [0, 0.1) is 0 Å². The van der Waals surface area contributed by atoms with Crippen molar-refractivity contribution in [2.24, 2.45) is 4.99 Å². The molecule has 0 unspecified atom stereocenters. The number of furan rings is 1. The molecule has 0 radical (unpaired) electrons. The first-order valence-electron chi connectivity index (χ1n) is 9.57. The molecule has 1 aromatic heterocycles. The fourth-order valence-electron chi connectivity index (χ4n) is 2.83. The number of guanidine groups is 1. The van der Waals surface area contributed by atoms with E-state index in [-0.39, 0.29) is 29.5 Å². The maximum atomic E-state index is 5.60. The average Bonchev–Trinajstić information content (AvgIpc) is 3.16. The smallest absolute Gasteiger partial charge is 0.191 e. The number of morpholine rings is 1. The SMILES string of the molecule is CCNC(=NCC(C)(C)N1CCOCC1)NCCCOCc1ccco1.I. The molecular weight excluding hydrogens is 459 g/mol. The highest BCUT2D eigenvalue weighted by atomic mass is 127. The molecular formula is C19H35IN4O3. The van der Waals surface area contributed by atoms with Gasteiger partial charge in [-0.25, -0.2) is 0 Å². The van der Waals surface area contributed by atoms with Crippen molar-refractivity contribution in [1.82, 2.24) is 15.5 Å². The number of hydrogen-bond acceptors (Lipinski definition) is 5. The predicted molar refractivity (Wildman–Crippen MR) is 119 cm³/mol. The predicted octanol–water partition coefficient (Wildman–Crippen LogP) is 2.47. The van der Waals surface area contributed by atoms with Crippen molar-refractivity contribution in [1.29, 1.82) is 0 Å². The van der Waals surface area contributed by atoms with E-state index in [1.807, 2.05) is 12.1 Å². The number of nitrogens with zero attached hydrogens (tertiary/aromatic N) is 2. The minimum atomic E-state index is 0. The highest BCUT2D eigenvalue weighted by Crippen LogP contribution is 2.16. The lowest BCUT2D eigenvalue weighted by molar-refractivity contribution is -0.00683. The van der Waals surface area contributed by atoms with Crippen molar-refractivity contribution < 1.29 is 13.9 Å². The van der Waals surface area contributed by atoms with Crippen molar-refractivity contribution in [2.75, 3.05) is 52.5 Å². The number of rotatable bonds is 10. The molecule has 1 aromatic rings. The summed E-state index contributed by atoms with van der Waals surface area (Å²) in [4.78, 5) is 7.23. The molecule has 0 bridgehead atoms. The van der Waals surface area contributed by atoms with Crippen LogP contribution in [0.1, 0.15) is 33.0 Å². The Balaban J connectivity index is 0.00000364. The summed E-state index contributed by atoms with van der Waals surface area (Å²) >= 11 is 0. The number of nitrogens with one attached hydrogen (secondary N) is 2. The lowest BCUT2D eigenvalue weighted by Crippen LogP contribution is -2.52. The molecule has 0 amide bonds. The Morgan fingerprint density at radius 2 is 2.07 bits per heavy atom. The Bertz CT molecular complexity index is 517. The number of hydrogen-bond donors (Lipinski definition) is 2. The van der Waals surface area contributed by atoms with Crippen LogP contribution in [0.4, 0.5) is 0 Å². The van der Waals surface area contributed by atoms with Crippen molar-refractivity contribution in [2.45, 2.75) is 39.3 Å². The van der Waals surface area contributed by atoms with Crippen LogP contribution in [0.25, 0.3) is 0 Å². The first kappa shape index (κ1) is 24.2. The molecule has 1 saturated heterocycles. The van der Waals surface area contributed by atoms with E-state index < -0.39 is 0 Å². The molecule has 0 aliphatic carbocycles. The van der Waals surface area contributed by atoms with Crippen molar-refractivity contribution in [3.63, 3.8) is 0 Å². The Hall–Kier alpha value is -0.840. The van der Waals surface area contributed by atoms with Crippen LogP contribution in [0.2, 0.25) is 0 Å². The van der Waals surface area contributed by atoms with Crippen LogP contribution in [0.3, 0.4) is 0 Å². The Labute approximate surface area is 180 Å². The number of aliphatic imine (C=N–C) groups is 1. The van der Waals surface area contributed by atoms with Gasteiger partial charge in [0.15, 0.2) is 5.96 Å². The van der Waals surface area contributed by atoms with E-state index in [0.29, 0.717) is 13.2 Å². The normalized spacial score (nSPS) is 16.0. The third kappa shape index (κ3) is 9.27. The largest absolute Gasteiger partial charge is 0.467 e. The van der Waals surface area contributed by atoms with Gasteiger partial charge in [0.25, 0.3) is 0 Å². The first-order valence-corrected chi connectivity index (χ1v) is 9.57. The first-order chi connectivity index (χ1) is 12.6. The van der Waals surface area contributed by atoms with E-state index in [1.54, 1.807) is 6.26 Å². The number of halogens is 1. The lowest BCUT2D eigenvalue weighted by Gasteiger charge is -2.39. The molecule has 156 valence electrons. The summed E-state index contributed by atoms with van der Waals surface area (Å²) < 4.78 is 16.3. The standard InChI is InChI=1S/C19H34N4O3.HI/c1-4-20-18(21-8-6-11-25-15-17-7-5-12-26-17)22-16-19(2,3)23-9-13-24-14-10-23;/h5,7,12H,4,6,8-11,13-16H2,1-3H3,(H2,20,21,22);1H. The highest BCUT2D eigenvalue weighted by molar-refractivity contribution is 14.0. The molecule has 2 N–H and O–H groups in total. The second-order valence-electron chi connectivity index (χ2n) is 7.02. The summed E-state index contributed by atoms with van der Waals surface area (Å²) in [5, 5.41) is 6.69. The van der Waals surface area contributed by atoms with Gasteiger partial charge in [0, 0.05) is 38.3 Å². The topological polar surface area (TPSA) is 71.3 Å². The second kappa shape index (κ2) is 13.4. The highest BCUT2D eigenvalue weighted by Gasteiger charge is 2.28. The zero-order valence-corrected chi connectivity index (χ0v) is 19.2. The van der Waals surface area contributed by atoms with E-state index in [0.717, 1.165) is 64.1 Å². The van der Waals surface area contributed by atoms with Crippen molar-refractivity contribution in [3.8, 4) is 0 Å². The lowest BCUT2D eigenvalue weighted by atomic mass is 10.0. The molecule has 2 rings (SSSR count). The molecule has 2 heterocycles. The third-order valence-corrected chi connectivity index (χ3v) is 4.42. The van der Waals surface area contributed by atoms with Crippen LogP contribution in [-0.4, -0.2) is 68.9 Å². The van der Waals surface area contributed by atoms with Gasteiger partial charge in [-0.3, -0.25) is 9.89 Å². The van der Waals surface area contributed by atoms with Gasteiger partial charge < -0.3 is 24.5 Å². The van der Waals surface area contributed by atoms with Gasteiger partial charge in [0.05, 0.1) is 26.0 Å². The molecule has 1 fully saturated rings. The second-order valence-corrected chi connectivity index (χ2v) is 7.02. The fourth-order valence-corrected chi connectivity index (χ4v) is 2.83. The maximum Gasteiger partial charge on any atom is 0.191 e. The molecule has 0 aromatic carbocycles. The van der Waals surface area contributed by atoms with E-state index in [9.17, 15) is 0 Å². The summed E-state index contributed by atoms with van der Waals surface area (Å²) in [5.41, 5.74) is 0.0261. The molecule has 7 nitrogen and oxygen atoms in total. The summed E-state index contributed by atoms with van der Waals surface area (Å²) in [6.45, 7) is 13.8. The van der Waals surface area contributed by atoms with Crippen LogP contribution in [-0.2, 0) is 16.1 Å². The summed E-state index contributed by atoms with van der Waals surface area (Å²) in [5.74, 6) is 1.72. The minimum Gasteiger partial charge on any atom is -0.467 e. The van der Waals surface area contributed by atoms with Gasteiger partial charge in [0.1, 0.15) is 12.4 Å². The molecule has 0 spiro atoms. The van der Waals surface area contributed by atoms with E-state index in [2.05, 4.69) is 36.3 Å². The third-order valence-electron chi connectivity index (χ3n) is 4.42. The van der Waals surface area contributed by atoms with Gasteiger partial charge in [-0.15, -0.1) is 24.0 Å². The molecule has 1 aliphatic rings. The Morgan fingerprint density at radius 1 is 1.30 bits per heavy atom. The zero-order valence-electron chi connectivity index (χ0n) is 16.8. The van der Waals surface area contributed by atoms with Gasteiger partial charge in [-0.1, -0.05) is 0 Å². The molecule has 27 heavy (non-hydrogen) atoms. The molecule has 8 heteroatoms. The fraction of sp³-hybridized carbons (Fsp3) is 0.737. The van der Waals surface area contributed by atoms with Crippen LogP contribution < -0.4 is 10.6 Å². The molecule has 0 atom stereocenters. The summed E-state index contributed by atoms with van der Waals surface area (Å²) in [6.07, 6.45) is 2.58. The minimum absolute atomic E-state index is 0. The van der Waals surface area contributed by atoms with Gasteiger partial charge in [-0.05, 0) is 39.3 Å². The monoisotopic (exact) mass is 494 g/mol. The van der Waals surface area contributed by atoms with Crippen molar-refractivity contribution >= 4 is 29.9 Å². The van der Waals surface area contributed by atoms with Crippen LogP contribution in [0.5, 0.6) is 0 Å². The molecule has 0 saturated carbocycles. The average molecular weight is 494 g/mol. The summed E-state index contributed by atoms with van der Waals surface area (Å²) in [7, 11) is 0. The van der Waals surface area contributed by atoms with Crippen LogP contribution in [0.15, 0.2) is 27.8 Å². The quantitative estimate of drug-likeness (QED) is 0.226. The van der Waals surface area contributed by atoms with E-state index in [1.165, 1.54) is 0 Å². The van der Waals surface area contributed by atoms with Gasteiger partial charge in [0.2, 0.25) is 0 Å². The van der Waals surface area contributed by atoms with Gasteiger partial charge in [-0.2, -0.15) is 0 Å². The summed E-state index contributed by atoms with van der Waals surface area (Å²) in [6, 6.07) is 3.79. The zero-order chi connectivity index (χ0) is 18.7.